The average Bonchev–Trinajstić information content (AvgIpc) is 2.11. The highest BCUT2D eigenvalue weighted by atomic mass is 79.9. The number of pyridine rings is 1. The first-order chi connectivity index (χ1) is 6.50. The Labute approximate surface area is 98.5 Å². The Hall–Kier alpha value is -0.460. The van der Waals surface area contributed by atoms with E-state index in [4.69, 9.17) is 5.73 Å². The van der Waals surface area contributed by atoms with Crippen molar-refractivity contribution in [2.24, 2.45) is 5.73 Å². The van der Waals surface area contributed by atoms with Gasteiger partial charge in [-0.25, -0.2) is 4.98 Å². The molecule has 1 aromatic heterocycles. The van der Waals surface area contributed by atoms with Crippen LogP contribution in [0.3, 0.4) is 0 Å². The van der Waals surface area contributed by atoms with E-state index in [1.165, 1.54) is 0 Å². The maximum atomic E-state index is 11.2. The highest BCUT2D eigenvalue weighted by molar-refractivity contribution is 9.13. The lowest BCUT2D eigenvalue weighted by atomic mass is 10.3. The van der Waals surface area contributed by atoms with E-state index in [9.17, 15) is 4.79 Å². The first kappa shape index (κ1) is 11.6. The third-order valence-electron chi connectivity index (χ3n) is 1.48. The molecule has 0 unspecified atom stereocenters. The Morgan fingerprint density at radius 3 is 2.79 bits per heavy atom. The van der Waals surface area contributed by atoms with E-state index in [0.29, 0.717) is 10.3 Å². The fourth-order valence-corrected chi connectivity index (χ4v) is 1.31. The number of nitrogens with zero attached hydrogens (tertiary/aromatic N) is 1. The topological polar surface area (TPSA) is 68.0 Å². The van der Waals surface area contributed by atoms with Crippen LogP contribution in [0.4, 0.5) is 5.69 Å². The summed E-state index contributed by atoms with van der Waals surface area (Å²) in [6.07, 6.45) is 1.55. The molecule has 0 bridgehead atoms. The van der Waals surface area contributed by atoms with Gasteiger partial charge in [0.05, 0.1) is 22.4 Å². The maximum absolute atomic E-state index is 11.2. The van der Waals surface area contributed by atoms with Crippen LogP contribution in [-0.4, -0.2) is 16.9 Å². The Kier molecular flexibility index (Phi) is 4.03. The molecular weight excluding hydrogens is 314 g/mol. The lowest BCUT2D eigenvalue weighted by Gasteiger charge is -2.07. The summed E-state index contributed by atoms with van der Waals surface area (Å²) >= 11 is 6.51. The van der Waals surface area contributed by atoms with Gasteiger partial charge in [-0.3, -0.25) is 4.79 Å². The van der Waals surface area contributed by atoms with E-state index in [1.807, 2.05) is 0 Å². The lowest BCUT2D eigenvalue weighted by Crippen LogP contribution is -2.32. The normalized spacial score (nSPS) is 12.3. The van der Waals surface area contributed by atoms with E-state index in [1.54, 1.807) is 19.2 Å². The van der Waals surface area contributed by atoms with Gasteiger partial charge in [-0.1, -0.05) is 0 Å². The van der Waals surface area contributed by atoms with Crippen LogP contribution in [0, 0.1) is 0 Å². The summed E-state index contributed by atoms with van der Waals surface area (Å²) < 4.78 is 1.47. The van der Waals surface area contributed by atoms with Gasteiger partial charge in [0.1, 0.15) is 4.60 Å². The minimum atomic E-state index is -0.530. The Bertz CT molecular complexity index is 354. The molecular formula is C8H9Br2N3O. The van der Waals surface area contributed by atoms with Crippen molar-refractivity contribution in [3.8, 4) is 0 Å². The summed E-state index contributed by atoms with van der Waals surface area (Å²) in [6.45, 7) is 1.62. The number of amides is 1. The van der Waals surface area contributed by atoms with Crippen LogP contribution in [0.25, 0.3) is 0 Å². The molecule has 3 N–H and O–H groups in total. The zero-order valence-corrected chi connectivity index (χ0v) is 10.6. The van der Waals surface area contributed by atoms with E-state index < -0.39 is 6.04 Å². The zero-order chi connectivity index (χ0) is 10.7. The van der Waals surface area contributed by atoms with Crippen LogP contribution >= 0.6 is 31.9 Å². The van der Waals surface area contributed by atoms with E-state index in [-0.39, 0.29) is 5.91 Å². The molecule has 14 heavy (non-hydrogen) atoms. The minimum absolute atomic E-state index is 0.235. The molecule has 0 aliphatic heterocycles. The summed E-state index contributed by atoms with van der Waals surface area (Å²) in [5, 5.41) is 2.63. The predicted octanol–water partition coefficient (Wildman–Crippen LogP) is 1.89. The van der Waals surface area contributed by atoms with Crippen molar-refractivity contribution in [1.82, 2.24) is 4.98 Å². The third-order valence-corrected chi connectivity index (χ3v) is 3.25. The van der Waals surface area contributed by atoms with Gasteiger partial charge in [0.2, 0.25) is 5.91 Å². The molecule has 0 spiro atoms. The number of nitrogens with two attached hydrogens (primary N) is 1. The number of halogens is 2. The molecule has 1 atom stereocenters. The first-order valence-corrected chi connectivity index (χ1v) is 5.47. The quantitative estimate of drug-likeness (QED) is 0.817. The summed E-state index contributed by atoms with van der Waals surface area (Å²) in [5.41, 5.74) is 6.01. The van der Waals surface area contributed by atoms with Crippen molar-refractivity contribution in [3.63, 3.8) is 0 Å². The zero-order valence-electron chi connectivity index (χ0n) is 7.42. The van der Waals surface area contributed by atoms with Crippen LogP contribution in [0.5, 0.6) is 0 Å². The standard InChI is InChI=1S/C8H9Br2N3O/c1-4(11)8(14)13-5-2-6(9)7(10)12-3-5/h2-4H,11H2,1H3,(H,13,14)/t4-/m0/s1. The van der Waals surface area contributed by atoms with Crippen LogP contribution in [-0.2, 0) is 4.79 Å². The van der Waals surface area contributed by atoms with Gasteiger partial charge in [-0.05, 0) is 44.8 Å². The SMILES string of the molecule is C[C@H](N)C(=O)Nc1cnc(Br)c(Br)c1. The lowest BCUT2D eigenvalue weighted by molar-refractivity contribution is -0.117. The van der Waals surface area contributed by atoms with Crippen LogP contribution in [0.15, 0.2) is 21.3 Å². The highest BCUT2D eigenvalue weighted by Gasteiger charge is 2.08. The molecule has 4 nitrogen and oxygen atoms in total. The fourth-order valence-electron chi connectivity index (χ4n) is 0.746. The molecule has 0 aromatic carbocycles. The third kappa shape index (κ3) is 3.04. The molecule has 0 radical (unpaired) electrons. The van der Waals surface area contributed by atoms with Crippen molar-refractivity contribution in [1.29, 1.82) is 0 Å². The number of nitrogens with one attached hydrogen (secondary N) is 1. The van der Waals surface area contributed by atoms with E-state index >= 15 is 0 Å². The Morgan fingerprint density at radius 1 is 1.64 bits per heavy atom. The van der Waals surface area contributed by atoms with Gasteiger partial charge in [0.15, 0.2) is 0 Å². The second-order valence-electron chi connectivity index (χ2n) is 2.77. The molecule has 0 fully saturated rings. The second-order valence-corrected chi connectivity index (χ2v) is 4.38. The second kappa shape index (κ2) is 4.86. The largest absolute Gasteiger partial charge is 0.323 e. The predicted molar refractivity (Wildman–Crippen MR) is 61.9 cm³/mol. The van der Waals surface area contributed by atoms with Crippen molar-refractivity contribution < 1.29 is 4.79 Å². The Morgan fingerprint density at radius 2 is 2.29 bits per heavy atom. The van der Waals surface area contributed by atoms with Crippen LogP contribution < -0.4 is 11.1 Å². The first-order valence-electron chi connectivity index (χ1n) is 3.88. The molecule has 1 heterocycles. The van der Waals surface area contributed by atoms with Gasteiger partial charge in [-0.15, -0.1) is 0 Å². The van der Waals surface area contributed by atoms with Crippen molar-refractivity contribution >= 4 is 43.5 Å². The van der Waals surface area contributed by atoms with Gasteiger partial charge in [-0.2, -0.15) is 0 Å². The number of hydrogen-bond acceptors (Lipinski definition) is 3. The molecule has 1 rings (SSSR count). The number of aromatic nitrogens is 1. The van der Waals surface area contributed by atoms with Gasteiger partial charge in [0.25, 0.3) is 0 Å². The molecule has 0 saturated heterocycles. The van der Waals surface area contributed by atoms with Crippen LogP contribution in [0.2, 0.25) is 0 Å². The monoisotopic (exact) mass is 321 g/mol. The van der Waals surface area contributed by atoms with Gasteiger partial charge < -0.3 is 11.1 Å². The van der Waals surface area contributed by atoms with Crippen molar-refractivity contribution in [3.05, 3.63) is 21.3 Å². The van der Waals surface area contributed by atoms with E-state index in [2.05, 4.69) is 42.2 Å². The Balaban J connectivity index is 2.78. The van der Waals surface area contributed by atoms with Crippen molar-refractivity contribution in [2.75, 3.05) is 5.32 Å². The average molecular weight is 323 g/mol. The summed E-state index contributed by atoms with van der Waals surface area (Å²) in [6, 6.07) is 1.22. The summed E-state index contributed by atoms with van der Waals surface area (Å²) in [5.74, 6) is -0.235. The molecule has 0 aliphatic carbocycles. The molecule has 6 heteroatoms. The summed E-state index contributed by atoms with van der Waals surface area (Å²) in [4.78, 5) is 15.2. The van der Waals surface area contributed by atoms with Crippen molar-refractivity contribution in [2.45, 2.75) is 13.0 Å². The van der Waals surface area contributed by atoms with Crippen LogP contribution in [0.1, 0.15) is 6.92 Å². The summed E-state index contributed by atoms with van der Waals surface area (Å²) in [7, 11) is 0. The molecule has 76 valence electrons. The fraction of sp³-hybridized carbons (Fsp3) is 0.250. The maximum Gasteiger partial charge on any atom is 0.241 e. The van der Waals surface area contributed by atoms with E-state index in [0.717, 1.165) is 4.47 Å². The smallest absolute Gasteiger partial charge is 0.241 e. The van der Waals surface area contributed by atoms with Gasteiger partial charge >= 0.3 is 0 Å². The number of hydrogen-bond donors (Lipinski definition) is 2. The number of carbonyl (C=O) groups is 1. The molecule has 1 aromatic rings. The molecule has 0 aliphatic rings. The van der Waals surface area contributed by atoms with Gasteiger partial charge in [0, 0.05) is 0 Å². The number of rotatable bonds is 2. The number of carbonyl (C=O) groups excluding carboxylic acids is 1. The number of anilines is 1. The highest BCUT2D eigenvalue weighted by Crippen LogP contribution is 2.23. The molecule has 1 amide bonds. The molecule has 0 saturated carbocycles. The minimum Gasteiger partial charge on any atom is -0.323 e.